The summed E-state index contributed by atoms with van der Waals surface area (Å²) < 4.78 is 5.52. The summed E-state index contributed by atoms with van der Waals surface area (Å²) in [5.41, 5.74) is 3.29. The molecule has 2 nitrogen and oxygen atoms in total. The Hall–Kier alpha value is -1.31. The Morgan fingerprint density at radius 3 is 2.10 bits per heavy atom. The molecule has 0 fully saturated rings. The van der Waals surface area contributed by atoms with Crippen LogP contribution in [0.15, 0.2) is 12.1 Å². The van der Waals surface area contributed by atoms with Crippen molar-refractivity contribution in [2.75, 3.05) is 0 Å². The van der Waals surface area contributed by atoms with Gasteiger partial charge in [-0.05, 0) is 38.3 Å². The van der Waals surface area contributed by atoms with Crippen LogP contribution in [0, 0.1) is 20.8 Å². The predicted octanol–water partition coefficient (Wildman–Crippen LogP) is 5.27. The van der Waals surface area contributed by atoms with Crippen LogP contribution < -0.4 is 4.74 Å². The largest absolute Gasteiger partial charge is 0.426 e. The van der Waals surface area contributed by atoms with Crippen LogP contribution >= 0.6 is 0 Å². The van der Waals surface area contributed by atoms with Crippen LogP contribution in [0.1, 0.15) is 68.6 Å². The van der Waals surface area contributed by atoms with Crippen molar-refractivity contribution < 1.29 is 9.53 Å². The van der Waals surface area contributed by atoms with Crippen molar-refractivity contribution in [3.8, 4) is 5.75 Å². The van der Waals surface area contributed by atoms with Crippen molar-refractivity contribution in [1.29, 1.82) is 0 Å². The zero-order valence-corrected chi connectivity index (χ0v) is 13.4. The molecule has 0 heterocycles. The second-order valence-electron chi connectivity index (χ2n) is 5.72. The van der Waals surface area contributed by atoms with Gasteiger partial charge in [-0.15, -0.1) is 0 Å². The fourth-order valence-corrected chi connectivity index (χ4v) is 2.54. The standard InChI is InChI=1S/C18H28O2/c1-5-6-7-8-9-10-11-17(19)20-18-15(3)12-14(2)13-16(18)4/h12-13H,5-11H2,1-4H3. The fraction of sp³-hybridized carbons (Fsp3) is 0.611. The van der Waals surface area contributed by atoms with Crippen LogP contribution in [0.5, 0.6) is 5.75 Å². The number of hydrogen-bond donors (Lipinski definition) is 0. The summed E-state index contributed by atoms with van der Waals surface area (Å²) in [5.74, 6) is 0.641. The highest BCUT2D eigenvalue weighted by Crippen LogP contribution is 2.25. The van der Waals surface area contributed by atoms with Gasteiger partial charge >= 0.3 is 5.97 Å². The zero-order chi connectivity index (χ0) is 15.0. The molecule has 2 heteroatoms. The first-order chi connectivity index (χ1) is 9.54. The topological polar surface area (TPSA) is 26.3 Å². The van der Waals surface area contributed by atoms with E-state index in [2.05, 4.69) is 26.0 Å². The Kier molecular flexibility index (Phi) is 7.35. The number of esters is 1. The van der Waals surface area contributed by atoms with Crippen LogP contribution in [0.2, 0.25) is 0 Å². The Labute approximate surface area is 123 Å². The van der Waals surface area contributed by atoms with E-state index in [4.69, 9.17) is 4.74 Å². The van der Waals surface area contributed by atoms with Crippen LogP contribution in [0.25, 0.3) is 0 Å². The maximum absolute atomic E-state index is 11.9. The van der Waals surface area contributed by atoms with Gasteiger partial charge in [0.05, 0.1) is 0 Å². The second kappa shape index (κ2) is 8.78. The molecule has 20 heavy (non-hydrogen) atoms. The van der Waals surface area contributed by atoms with E-state index in [1.807, 2.05) is 13.8 Å². The maximum Gasteiger partial charge on any atom is 0.311 e. The van der Waals surface area contributed by atoms with Gasteiger partial charge < -0.3 is 4.74 Å². The summed E-state index contributed by atoms with van der Waals surface area (Å²) in [6.45, 7) is 8.26. The number of hydrogen-bond acceptors (Lipinski definition) is 2. The Morgan fingerprint density at radius 1 is 0.950 bits per heavy atom. The van der Waals surface area contributed by atoms with E-state index < -0.39 is 0 Å². The minimum Gasteiger partial charge on any atom is -0.426 e. The summed E-state index contributed by atoms with van der Waals surface area (Å²) in [7, 11) is 0. The number of aryl methyl sites for hydroxylation is 3. The molecule has 0 radical (unpaired) electrons. The van der Waals surface area contributed by atoms with Gasteiger partial charge in [0, 0.05) is 6.42 Å². The van der Waals surface area contributed by atoms with Crippen molar-refractivity contribution in [3.05, 3.63) is 28.8 Å². The number of carbonyl (C=O) groups excluding carboxylic acids is 1. The van der Waals surface area contributed by atoms with Gasteiger partial charge in [-0.1, -0.05) is 56.7 Å². The van der Waals surface area contributed by atoms with Gasteiger partial charge in [0.1, 0.15) is 5.75 Å². The molecule has 0 aliphatic rings. The first-order valence-electron chi connectivity index (χ1n) is 7.83. The second-order valence-corrected chi connectivity index (χ2v) is 5.72. The quantitative estimate of drug-likeness (QED) is 0.367. The van der Waals surface area contributed by atoms with Gasteiger partial charge in [0.2, 0.25) is 0 Å². The SMILES string of the molecule is CCCCCCCCC(=O)Oc1c(C)cc(C)cc1C. The average molecular weight is 276 g/mol. The van der Waals surface area contributed by atoms with E-state index >= 15 is 0 Å². The highest BCUT2D eigenvalue weighted by molar-refractivity contribution is 5.73. The van der Waals surface area contributed by atoms with Gasteiger partial charge in [0.15, 0.2) is 0 Å². The van der Waals surface area contributed by atoms with E-state index in [1.165, 1.54) is 31.2 Å². The van der Waals surface area contributed by atoms with Crippen LogP contribution in [0.3, 0.4) is 0 Å². The Morgan fingerprint density at radius 2 is 1.50 bits per heavy atom. The molecule has 0 N–H and O–H groups in total. The highest BCUT2D eigenvalue weighted by atomic mass is 16.5. The monoisotopic (exact) mass is 276 g/mol. The third-order valence-corrected chi connectivity index (χ3v) is 3.56. The third kappa shape index (κ3) is 5.77. The maximum atomic E-state index is 11.9. The Balaban J connectivity index is 2.36. The molecule has 0 saturated carbocycles. The molecule has 0 spiro atoms. The van der Waals surface area contributed by atoms with Gasteiger partial charge in [0.25, 0.3) is 0 Å². The smallest absolute Gasteiger partial charge is 0.311 e. The number of unbranched alkanes of at least 4 members (excludes halogenated alkanes) is 5. The van der Waals surface area contributed by atoms with E-state index in [0.29, 0.717) is 6.42 Å². The first kappa shape index (κ1) is 16.7. The molecule has 1 aromatic carbocycles. The summed E-state index contributed by atoms with van der Waals surface area (Å²) in [4.78, 5) is 11.9. The number of carbonyl (C=O) groups is 1. The first-order valence-corrected chi connectivity index (χ1v) is 7.83. The van der Waals surface area contributed by atoms with Gasteiger partial charge in [-0.25, -0.2) is 0 Å². The number of benzene rings is 1. The van der Waals surface area contributed by atoms with Crippen molar-refractivity contribution in [1.82, 2.24) is 0 Å². The highest BCUT2D eigenvalue weighted by Gasteiger charge is 2.10. The third-order valence-electron chi connectivity index (χ3n) is 3.56. The molecule has 0 saturated heterocycles. The lowest BCUT2D eigenvalue weighted by molar-refractivity contribution is -0.134. The molecule has 0 amide bonds. The summed E-state index contributed by atoms with van der Waals surface area (Å²) in [6.07, 6.45) is 7.65. The molecule has 1 aromatic rings. The van der Waals surface area contributed by atoms with Gasteiger partial charge in [-0.2, -0.15) is 0 Å². The molecule has 0 bridgehead atoms. The lowest BCUT2D eigenvalue weighted by atomic mass is 10.1. The van der Waals surface area contributed by atoms with E-state index in [0.717, 1.165) is 29.7 Å². The lowest BCUT2D eigenvalue weighted by Gasteiger charge is -2.11. The number of rotatable bonds is 8. The van der Waals surface area contributed by atoms with E-state index in [-0.39, 0.29) is 5.97 Å². The average Bonchev–Trinajstić information content (AvgIpc) is 2.38. The van der Waals surface area contributed by atoms with Gasteiger partial charge in [-0.3, -0.25) is 4.79 Å². The molecular weight excluding hydrogens is 248 g/mol. The molecule has 1 rings (SSSR count). The molecule has 0 aliphatic carbocycles. The van der Waals surface area contributed by atoms with Crippen LogP contribution in [0.4, 0.5) is 0 Å². The lowest BCUT2D eigenvalue weighted by Crippen LogP contribution is -2.09. The number of ether oxygens (including phenoxy) is 1. The molecular formula is C18H28O2. The van der Waals surface area contributed by atoms with Crippen LogP contribution in [-0.4, -0.2) is 5.97 Å². The molecule has 112 valence electrons. The molecule has 0 atom stereocenters. The van der Waals surface area contributed by atoms with Crippen molar-refractivity contribution in [3.63, 3.8) is 0 Å². The minimum atomic E-state index is -0.101. The predicted molar refractivity (Wildman–Crippen MR) is 84.3 cm³/mol. The zero-order valence-electron chi connectivity index (χ0n) is 13.4. The summed E-state index contributed by atoms with van der Waals surface area (Å²) >= 11 is 0. The summed E-state index contributed by atoms with van der Waals surface area (Å²) in [6, 6.07) is 4.11. The molecule has 0 aromatic heterocycles. The molecule has 0 unspecified atom stereocenters. The van der Waals surface area contributed by atoms with Crippen LogP contribution in [-0.2, 0) is 4.79 Å². The summed E-state index contributed by atoms with van der Waals surface area (Å²) in [5, 5.41) is 0. The Bertz CT molecular complexity index is 412. The van der Waals surface area contributed by atoms with Crippen molar-refractivity contribution >= 4 is 5.97 Å². The van der Waals surface area contributed by atoms with E-state index in [1.54, 1.807) is 0 Å². The molecule has 0 aliphatic heterocycles. The van der Waals surface area contributed by atoms with E-state index in [9.17, 15) is 4.79 Å². The normalized spacial score (nSPS) is 10.6. The fourth-order valence-electron chi connectivity index (χ4n) is 2.54. The van der Waals surface area contributed by atoms with Crippen molar-refractivity contribution in [2.24, 2.45) is 0 Å². The minimum absolute atomic E-state index is 0.101. The van der Waals surface area contributed by atoms with Crippen molar-refractivity contribution in [2.45, 2.75) is 72.6 Å².